The van der Waals surface area contributed by atoms with Crippen molar-refractivity contribution < 1.29 is 18.7 Å². The van der Waals surface area contributed by atoms with E-state index in [-0.39, 0.29) is 23.6 Å². The van der Waals surface area contributed by atoms with Crippen molar-refractivity contribution >= 4 is 44.9 Å². The van der Waals surface area contributed by atoms with E-state index in [1.54, 1.807) is 24.3 Å². The summed E-state index contributed by atoms with van der Waals surface area (Å²) in [5, 5.41) is -0.248. The van der Waals surface area contributed by atoms with Crippen LogP contribution in [0, 0.1) is 5.82 Å². The molecular formula is C21H19BrFNO3S. The van der Waals surface area contributed by atoms with Gasteiger partial charge in [0.15, 0.2) is 0 Å². The van der Waals surface area contributed by atoms with Crippen LogP contribution in [-0.2, 0) is 11.4 Å². The zero-order valence-corrected chi connectivity index (χ0v) is 17.7. The smallest absolute Gasteiger partial charge is 0.293 e. The Bertz CT molecular complexity index is 932. The Kier molecular flexibility index (Phi) is 6.91. The van der Waals surface area contributed by atoms with Crippen LogP contribution in [-0.4, -0.2) is 22.6 Å². The summed E-state index contributed by atoms with van der Waals surface area (Å²) < 4.78 is 20.0. The third kappa shape index (κ3) is 5.02. The van der Waals surface area contributed by atoms with Crippen molar-refractivity contribution in [2.24, 2.45) is 0 Å². The van der Waals surface area contributed by atoms with Gasteiger partial charge in [-0.2, -0.15) is 0 Å². The monoisotopic (exact) mass is 463 g/mol. The predicted octanol–water partition coefficient (Wildman–Crippen LogP) is 6.00. The van der Waals surface area contributed by atoms with E-state index in [0.717, 1.165) is 29.1 Å². The van der Waals surface area contributed by atoms with Crippen LogP contribution in [0.3, 0.4) is 0 Å². The largest absolute Gasteiger partial charge is 0.488 e. The van der Waals surface area contributed by atoms with Crippen LogP contribution < -0.4 is 4.74 Å². The number of imide groups is 1. The maximum absolute atomic E-state index is 13.4. The molecule has 2 aromatic rings. The number of hydrogen-bond acceptors (Lipinski definition) is 4. The van der Waals surface area contributed by atoms with Gasteiger partial charge >= 0.3 is 0 Å². The summed E-state index contributed by atoms with van der Waals surface area (Å²) in [4.78, 5) is 26.4. The van der Waals surface area contributed by atoms with Crippen LogP contribution in [0.1, 0.15) is 30.9 Å². The molecule has 7 heteroatoms. The van der Waals surface area contributed by atoms with E-state index in [2.05, 4.69) is 15.9 Å². The minimum atomic E-state index is -0.321. The van der Waals surface area contributed by atoms with E-state index in [1.807, 2.05) is 19.1 Å². The Morgan fingerprint density at radius 3 is 2.79 bits per heavy atom. The summed E-state index contributed by atoms with van der Waals surface area (Å²) in [6.45, 7) is 2.64. The molecule has 0 atom stereocenters. The SMILES string of the molecule is CCCCN1C(=O)S/C(=C\c2cc(Br)ccc2OCc2cccc(F)c2)C1=O. The van der Waals surface area contributed by atoms with Gasteiger partial charge < -0.3 is 4.74 Å². The van der Waals surface area contributed by atoms with E-state index in [0.29, 0.717) is 28.3 Å². The molecule has 0 spiro atoms. The van der Waals surface area contributed by atoms with Gasteiger partial charge in [0, 0.05) is 16.6 Å². The summed E-state index contributed by atoms with van der Waals surface area (Å²) in [7, 11) is 0. The van der Waals surface area contributed by atoms with E-state index >= 15 is 0 Å². The van der Waals surface area contributed by atoms with Crippen molar-refractivity contribution in [3.8, 4) is 5.75 Å². The Morgan fingerprint density at radius 2 is 2.04 bits per heavy atom. The fourth-order valence-electron chi connectivity index (χ4n) is 2.70. The zero-order valence-electron chi connectivity index (χ0n) is 15.3. The molecule has 146 valence electrons. The molecule has 2 aromatic carbocycles. The summed E-state index contributed by atoms with van der Waals surface area (Å²) in [5.41, 5.74) is 1.38. The average Bonchev–Trinajstić information content (AvgIpc) is 2.92. The number of ether oxygens (including phenoxy) is 1. The molecule has 1 fully saturated rings. The molecule has 0 aromatic heterocycles. The molecule has 1 aliphatic heterocycles. The molecule has 0 aliphatic carbocycles. The maximum atomic E-state index is 13.4. The second kappa shape index (κ2) is 9.39. The highest BCUT2D eigenvalue weighted by Crippen LogP contribution is 2.35. The Labute approximate surface area is 175 Å². The summed E-state index contributed by atoms with van der Waals surface area (Å²) in [6, 6.07) is 11.6. The van der Waals surface area contributed by atoms with Crippen molar-refractivity contribution in [2.45, 2.75) is 26.4 Å². The first-order valence-corrected chi connectivity index (χ1v) is 10.5. The standard InChI is InChI=1S/C21H19BrFNO3S/c1-2-3-9-24-20(25)19(28-21(24)26)12-15-11-16(22)7-8-18(15)27-13-14-5-4-6-17(23)10-14/h4-8,10-12H,2-3,9,13H2,1H3/b19-12-. The maximum Gasteiger partial charge on any atom is 0.293 e. The van der Waals surface area contributed by atoms with Crippen molar-refractivity contribution in [3.63, 3.8) is 0 Å². The van der Waals surface area contributed by atoms with Gasteiger partial charge in [0.05, 0.1) is 4.91 Å². The molecule has 1 heterocycles. The van der Waals surface area contributed by atoms with Crippen LogP contribution >= 0.6 is 27.7 Å². The van der Waals surface area contributed by atoms with Crippen LogP contribution in [0.2, 0.25) is 0 Å². The third-order valence-electron chi connectivity index (χ3n) is 4.15. The topological polar surface area (TPSA) is 46.6 Å². The number of carbonyl (C=O) groups excluding carboxylic acids is 2. The molecule has 2 amide bonds. The van der Waals surface area contributed by atoms with Gasteiger partial charge in [-0.15, -0.1) is 0 Å². The van der Waals surface area contributed by atoms with Crippen LogP contribution in [0.15, 0.2) is 51.8 Å². The lowest BCUT2D eigenvalue weighted by molar-refractivity contribution is -0.122. The molecule has 0 unspecified atom stereocenters. The summed E-state index contributed by atoms with van der Waals surface area (Å²) >= 11 is 4.36. The van der Waals surface area contributed by atoms with Gasteiger partial charge in [0.1, 0.15) is 18.2 Å². The third-order valence-corrected chi connectivity index (χ3v) is 5.55. The van der Waals surface area contributed by atoms with Crippen molar-refractivity contribution in [1.29, 1.82) is 0 Å². The van der Waals surface area contributed by atoms with Gasteiger partial charge in [-0.1, -0.05) is 41.4 Å². The molecular weight excluding hydrogens is 445 g/mol. The number of amides is 2. The van der Waals surface area contributed by atoms with Crippen molar-refractivity contribution in [3.05, 3.63) is 68.8 Å². The fraction of sp³-hybridized carbons (Fsp3) is 0.238. The first-order chi connectivity index (χ1) is 13.5. The van der Waals surface area contributed by atoms with E-state index in [1.165, 1.54) is 17.0 Å². The normalized spacial score (nSPS) is 15.5. The van der Waals surface area contributed by atoms with E-state index in [4.69, 9.17) is 4.74 Å². The van der Waals surface area contributed by atoms with Crippen molar-refractivity contribution in [1.82, 2.24) is 4.90 Å². The van der Waals surface area contributed by atoms with Crippen LogP contribution in [0.5, 0.6) is 5.75 Å². The van der Waals surface area contributed by atoms with Crippen molar-refractivity contribution in [2.75, 3.05) is 6.54 Å². The molecule has 1 saturated heterocycles. The first-order valence-electron chi connectivity index (χ1n) is 8.90. The van der Waals surface area contributed by atoms with E-state index in [9.17, 15) is 14.0 Å². The molecule has 4 nitrogen and oxygen atoms in total. The second-order valence-corrected chi connectivity index (χ2v) is 8.20. The van der Waals surface area contributed by atoms with Gasteiger partial charge in [0.25, 0.3) is 11.1 Å². The average molecular weight is 464 g/mol. The minimum absolute atomic E-state index is 0.193. The highest BCUT2D eigenvalue weighted by molar-refractivity contribution is 9.10. The number of nitrogens with zero attached hydrogens (tertiary/aromatic N) is 1. The van der Waals surface area contributed by atoms with Crippen LogP contribution in [0.25, 0.3) is 6.08 Å². The second-order valence-electron chi connectivity index (χ2n) is 6.29. The Morgan fingerprint density at radius 1 is 1.21 bits per heavy atom. The van der Waals surface area contributed by atoms with Gasteiger partial charge in [-0.05, 0) is 60.2 Å². The van der Waals surface area contributed by atoms with Gasteiger partial charge in [-0.25, -0.2) is 4.39 Å². The van der Waals surface area contributed by atoms with Gasteiger partial charge in [0.2, 0.25) is 0 Å². The molecule has 0 N–H and O–H groups in total. The minimum Gasteiger partial charge on any atom is -0.488 e. The number of unbranched alkanes of at least 4 members (excludes halogenated alkanes) is 1. The number of rotatable bonds is 7. The van der Waals surface area contributed by atoms with Gasteiger partial charge in [-0.3, -0.25) is 14.5 Å². The summed E-state index contributed by atoms with van der Waals surface area (Å²) in [5.74, 6) is -0.0507. The molecule has 0 radical (unpaired) electrons. The lowest BCUT2D eigenvalue weighted by atomic mass is 10.1. The fourth-order valence-corrected chi connectivity index (χ4v) is 3.94. The Hall–Kier alpha value is -2.12. The molecule has 0 bridgehead atoms. The van der Waals surface area contributed by atoms with Crippen LogP contribution in [0.4, 0.5) is 9.18 Å². The molecule has 3 rings (SSSR count). The highest BCUT2D eigenvalue weighted by Gasteiger charge is 2.34. The molecule has 0 saturated carbocycles. The lowest BCUT2D eigenvalue weighted by Gasteiger charge is -2.12. The molecule has 28 heavy (non-hydrogen) atoms. The Balaban J connectivity index is 1.81. The highest BCUT2D eigenvalue weighted by atomic mass is 79.9. The quantitative estimate of drug-likeness (QED) is 0.472. The number of benzene rings is 2. The summed E-state index contributed by atoms with van der Waals surface area (Å²) in [6.07, 6.45) is 3.36. The number of carbonyl (C=O) groups is 2. The first kappa shape index (κ1) is 20.6. The number of thioether (sulfide) groups is 1. The predicted molar refractivity (Wildman–Crippen MR) is 112 cm³/mol. The number of hydrogen-bond donors (Lipinski definition) is 0. The number of halogens is 2. The lowest BCUT2D eigenvalue weighted by Crippen LogP contribution is -2.29. The zero-order chi connectivity index (χ0) is 20.1. The van der Waals surface area contributed by atoms with E-state index < -0.39 is 0 Å². The molecule has 1 aliphatic rings.